The van der Waals surface area contributed by atoms with Crippen LogP contribution in [-0.2, 0) is 16.0 Å². The number of benzene rings is 1. The van der Waals surface area contributed by atoms with Gasteiger partial charge in [-0.2, -0.15) is 0 Å². The average molecular weight is 368 g/mol. The Balaban J connectivity index is 2.46. The van der Waals surface area contributed by atoms with Gasteiger partial charge >= 0.3 is 5.97 Å². The van der Waals surface area contributed by atoms with Gasteiger partial charge < -0.3 is 19.4 Å². The summed E-state index contributed by atoms with van der Waals surface area (Å²) in [5, 5.41) is 10.2. The summed E-state index contributed by atoms with van der Waals surface area (Å²) in [7, 11) is 1.58. The van der Waals surface area contributed by atoms with Gasteiger partial charge in [-0.3, -0.25) is 4.79 Å². The second-order valence-corrected chi connectivity index (χ2v) is 6.84. The van der Waals surface area contributed by atoms with E-state index in [0.717, 1.165) is 5.56 Å². The van der Waals surface area contributed by atoms with Crippen LogP contribution in [0.1, 0.15) is 31.7 Å². The van der Waals surface area contributed by atoms with Crippen LogP contribution >= 0.6 is 0 Å². The molecule has 0 saturated heterocycles. The highest BCUT2D eigenvalue weighted by Gasteiger charge is 2.55. The zero-order valence-electron chi connectivity index (χ0n) is 15.6. The molecule has 4 atom stereocenters. The Morgan fingerprint density at radius 2 is 2.00 bits per heavy atom. The van der Waals surface area contributed by atoms with E-state index in [4.69, 9.17) is 22.6 Å². The molecule has 1 aromatic carbocycles. The van der Waals surface area contributed by atoms with Crippen molar-refractivity contribution in [1.29, 1.82) is 0 Å². The predicted molar refractivity (Wildman–Crippen MR) is 101 cm³/mol. The molecule has 1 unspecified atom stereocenters. The first-order chi connectivity index (χ1) is 12.9. The number of rotatable bonds is 6. The van der Waals surface area contributed by atoms with Gasteiger partial charge in [0.25, 0.3) is 5.54 Å². The molecular formula is C21H24N2O4. The van der Waals surface area contributed by atoms with Crippen LogP contribution in [0.25, 0.3) is 9.69 Å². The van der Waals surface area contributed by atoms with Crippen molar-refractivity contribution in [2.75, 3.05) is 7.11 Å². The Morgan fingerprint density at radius 3 is 2.52 bits per heavy atom. The third kappa shape index (κ3) is 4.48. The Morgan fingerprint density at radius 1 is 1.33 bits per heavy atom. The molecule has 1 N–H and O–H groups in total. The first kappa shape index (κ1) is 20.5. The van der Waals surface area contributed by atoms with E-state index in [-0.39, 0.29) is 18.5 Å². The number of aliphatic hydroxyl groups is 1. The number of ether oxygens (including phenoxy) is 2. The fourth-order valence-electron chi connectivity index (χ4n) is 3.76. The lowest BCUT2D eigenvalue weighted by molar-refractivity contribution is -0.154. The first-order valence-electron chi connectivity index (χ1n) is 8.80. The van der Waals surface area contributed by atoms with Crippen molar-refractivity contribution in [3.63, 3.8) is 0 Å². The maximum absolute atomic E-state index is 11.6. The molecule has 1 fully saturated rings. The van der Waals surface area contributed by atoms with Gasteiger partial charge in [-0.15, -0.1) is 0 Å². The largest absolute Gasteiger partial charge is 0.497 e. The van der Waals surface area contributed by atoms with Crippen LogP contribution in [0.3, 0.4) is 0 Å². The molecule has 0 spiro atoms. The predicted octanol–water partition coefficient (Wildman–Crippen LogP) is 3.42. The number of hydrogen-bond donors (Lipinski definition) is 1. The van der Waals surface area contributed by atoms with Gasteiger partial charge in [0.1, 0.15) is 11.9 Å². The standard InChI is InChI=1S/C21H24N2O4/c1-14(22-3)21(23-4,13-16-6-9-18(26-5)10-7-16)19-12-17(25)8-11-20(19)27-15(2)24/h6-7,9-10,17,19-20,25H,1,8,11-13H2,2,5H3/t17-,19-,20-,21?/m0/s1. The van der Waals surface area contributed by atoms with Gasteiger partial charge in [0, 0.05) is 13.3 Å². The van der Waals surface area contributed by atoms with E-state index in [1.54, 1.807) is 19.2 Å². The van der Waals surface area contributed by atoms with E-state index in [0.29, 0.717) is 18.6 Å². The molecule has 0 aromatic heterocycles. The molecule has 2 rings (SSSR count). The Kier molecular flexibility index (Phi) is 6.60. The number of nitrogens with zero attached hydrogens (tertiary/aromatic N) is 2. The summed E-state index contributed by atoms with van der Waals surface area (Å²) < 4.78 is 10.6. The topological polar surface area (TPSA) is 64.5 Å². The molecule has 1 aliphatic carbocycles. The van der Waals surface area contributed by atoms with Crippen LogP contribution in [-0.4, -0.2) is 35.9 Å². The zero-order valence-corrected chi connectivity index (χ0v) is 15.6. The summed E-state index contributed by atoms with van der Waals surface area (Å²) in [6.45, 7) is 20.6. The van der Waals surface area contributed by atoms with Crippen molar-refractivity contribution in [2.45, 2.75) is 50.4 Å². The van der Waals surface area contributed by atoms with Crippen LogP contribution in [0.15, 0.2) is 36.5 Å². The number of carbonyl (C=O) groups excluding carboxylic acids is 1. The van der Waals surface area contributed by atoms with E-state index >= 15 is 0 Å². The maximum Gasteiger partial charge on any atom is 0.302 e. The minimum atomic E-state index is -1.28. The second kappa shape index (κ2) is 8.70. The molecule has 142 valence electrons. The monoisotopic (exact) mass is 368 g/mol. The first-order valence-corrected chi connectivity index (χ1v) is 8.80. The quantitative estimate of drug-likeness (QED) is 0.617. The number of aliphatic hydroxyl groups excluding tert-OH is 1. The average Bonchev–Trinajstić information content (AvgIpc) is 2.67. The van der Waals surface area contributed by atoms with Gasteiger partial charge in [0.05, 0.1) is 25.7 Å². The highest BCUT2D eigenvalue weighted by Crippen LogP contribution is 2.44. The third-order valence-electron chi connectivity index (χ3n) is 5.16. The van der Waals surface area contributed by atoms with E-state index in [9.17, 15) is 9.90 Å². The van der Waals surface area contributed by atoms with Crippen LogP contribution in [0, 0.1) is 19.1 Å². The van der Waals surface area contributed by atoms with E-state index in [1.165, 1.54) is 6.92 Å². The van der Waals surface area contributed by atoms with Gasteiger partial charge in [-0.25, -0.2) is 11.4 Å². The number of esters is 1. The summed E-state index contributed by atoms with van der Waals surface area (Å²) in [6, 6.07) is 7.28. The summed E-state index contributed by atoms with van der Waals surface area (Å²) >= 11 is 0. The summed E-state index contributed by atoms with van der Waals surface area (Å²) in [6.07, 6.45) is 0.350. The molecule has 6 heteroatoms. The summed E-state index contributed by atoms with van der Waals surface area (Å²) in [4.78, 5) is 18.9. The maximum atomic E-state index is 11.6. The van der Waals surface area contributed by atoms with Crippen molar-refractivity contribution in [3.05, 3.63) is 64.9 Å². The molecule has 6 nitrogen and oxygen atoms in total. The molecule has 0 amide bonds. The highest BCUT2D eigenvalue weighted by molar-refractivity contribution is 5.66. The molecule has 0 radical (unpaired) electrons. The van der Waals surface area contributed by atoms with Crippen LogP contribution < -0.4 is 4.74 Å². The lowest BCUT2D eigenvalue weighted by atomic mass is 9.68. The normalized spacial score (nSPS) is 24.0. The van der Waals surface area contributed by atoms with Crippen molar-refractivity contribution >= 4 is 5.97 Å². The lowest BCUT2D eigenvalue weighted by Gasteiger charge is -2.39. The van der Waals surface area contributed by atoms with E-state index < -0.39 is 29.6 Å². The summed E-state index contributed by atoms with van der Waals surface area (Å²) in [5.41, 5.74) is -0.333. The summed E-state index contributed by atoms with van der Waals surface area (Å²) in [5.74, 6) is -0.244. The van der Waals surface area contributed by atoms with Crippen molar-refractivity contribution in [2.24, 2.45) is 5.92 Å². The lowest BCUT2D eigenvalue weighted by Crippen LogP contribution is -2.49. The zero-order chi connectivity index (χ0) is 20.0. The van der Waals surface area contributed by atoms with Crippen LogP contribution in [0.5, 0.6) is 5.75 Å². The van der Waals surface area contributed by atoms with Gasteiger partial charge in [-0.05, 0) is 37.0 Å². The van der Waals surface area contributed by atoms with Gasteiger partial charge in [0.2, 0.25) is 5.70 Å². The van der Waals surface area contributed by atoms with Crippen molar-refractivity contribution < 1.29 is 19.4 Å². The smallest absolute Gasteiger partial charge is 0.302 e. The third-order valence-corrected chi connectivity index (χ3v) is 5.16. The molecule has 27 heavy (non-hydrogen) atoms. The molecular weight excluding hydrogens is 344 g/mol. The molecule has 1 saturated carbocycles. The fraction of sp³-hybridized carbons (Fsp3) is 0.476. The highest BCUT2D eigenvalue weighted by atomic mass is 16.5. The van der Waals surface area contributed by atoms with Crippen molar-refractivity contribution in [1.82, 2.24) is 0 Å². The van der Waals surface area contributed by atoms with Crippen LogP contribution in [0.4, 0.5) is 0 Å². The molecule has 1 aromatic rings. The van der Waals surface area contributed by atoms with E-state index in [2.05, 4.69) is 16.3 Å². The minimum absolute atomic E-state index is 0.101. The van der Waals surface area contributed by atoms with Crippen LogP contribution in [0.2, 0.25) is 0 Å². The Labute approximate surface area is 160 Å². The molecule has 0 bridgehead atoms. The molecule has 0 heterocycles. The number of methoxy groups -OCH3 is 1. The Bertz CT molecular complexity index is 775. The second-order valence-electron chi connectivity index (χ2n) is 6.84. The minimum Gasteiger partial charge on any atom is -0.497 e. The van der Waals surface area contributed by atoms with E-state index in [1.807, 2.05) is 12.1 Å². The fourth-order valence-corrected chi connectivity index (χ4v) is 3.76. The van der Waals surface area contributed by atoms with Crippen molar-refractivity contribution in [3.8, 4) is 5.75 Å². The number of hydrogen-bond acceptors (Lipinski definition) is 4. The Hall–Kier alpha value is -2.83. The van der Waals surface area contributed by atoms with Gasteiger partial charge in [0.15, 0.2) is 0 Å². The molecule has 1 aliphatic rings. The van der Waals surface area contributed by atoms with Gasteiger partial charge in [-0.1, -0.05) is 18.7 Å². The number of carbonyl (C=O) groups is 1. The molecule has 0 aliphatic heterocycles. The SMILES string of the molecule is [C-]#[N+]C(=C)C(Cc1ccc(OC)cc1)([N+]#[C-])[C@H]1C[C@@H](O)CC[C@@H]1OC(C)=O.